The van der Waals surface area contributed by atoms with Crippen molar-refractivity contribution >= 4 is 11.6 Å². The molecule has 3 rings (SSSR count). The first-order valence-corrected chi connectivity index (χ1v) is 7.87. The van der Waals surface area contributed by atoms with E-state index in [0.717, 1.165) is 25.0 Å². The van der Waals surface area contributed by atoms with Crippen molar-refractivity contribution in [2.45, 2.75) is 25.1 Å². The Morgan fingerprint density at radius 1 is 1.24 bits per heavy atom. The number of nitrogens with one attached hydrogen (secondary N) is 1. The average Bonchev–Trinajstić information content (AvgIpc) is 2.61. The van der Waals surface area contributed by atoms with Gasteiger partial charge in [0.25, 0.3) is 0 Å². The van der Waals surface area contributed by atoms with E-state index in [-0.39, 0.29) is 11.6 Å². The lowest BCUT2D eigenvalue weighted by molar-refractivity contribution is -0.137. The molecular formula is C17H16F3N5. The molecule has 1 aromatic heterocycles. The number of anilines is 2. The standard InChI is InChI=1S/C17H16F3N5/c18-17(19,20)13-4-5-15(12(9-13)10-21)25-8-1-3-14(11-25)24-16-22-6-2-7-23-16/h2,4-7,9,14H,1,3,8,11H2,(H,22,23,24). The van der Waals surface area contributed by atoms with Crippen molar-refractivity contribution in [1.82, 2.24) is 9.97 Å². The summed E-state index contributed by atoms with van der Waals surface area (Å²) in [4.78, 5) is 10.2. The lowest BCUT2D eigenvalue weighted by Crippen LogP contribution is -2.42. The molecular weight excluding hydrogens is 331 g/mol. The first-order chi connectivity index (χ1) is 12.0. The lowest BCUT2D eigenvalue weighted by atomic mass is 10.0. The zero-order valence-electron chi connectivity index (χ0n) is 13.3. The maximum Gasteiger partial charge on any atom is 0.416 e. The van der Waals surface area contributed by atoms with Crippen molar-refractivity contribution in [3.63, 3.8) is 0 Å². The highest BCUT2D eigenvalue weighted by molar-refractivity contribution is 5.61. The minimum absolute atomic E-state index is 0.0337. The number of halogens is 3. The second kappa shape index (κ2) is 6.97. The van der Waals surface area contributed by atoms with Crippen molar-refractivity contribution in [2.24, 2.45) is 0 Å². The average molecular weight is 347 g/mol. The number of hydrogen-bond donors (Lipinski definition) is 1. The van der Waals surface area contributed by atoms with Crippen LogP contribution in [0, 0.1) is 11.3 Å². The van der Waals surface area contributed by atoms with E-state index in [2.05, 4.69) is 15.3 Å². The van der Waals surface area contributed by atoms with E-state index in [0.29, 0.717) is 24.7 Å². The highest BCUT2D eigenvalue weighted by Crippen LogP contribution is 2.33. The lowest BCUT2D eigenvalue weighted by Gasteiger charge is -2.35. The molecule has 130 valence electrons. The molecule has 0 amide bonds. The van der Waals surface area contributed by atoms with E-state index in [1.807, 2.05) is 11.0 Å². The van der Waals surface area contributed by atoms with Crippen LogP contribution < -0.4 is 10.2 Å². The monoisotopic (exact) mass is 347 g/mol. The van der Waals surface area contributed by atoms with Gasteiger partial charge in [0.15, 0.2) is 0 Å². The molecule has 1 unspecified atom stereocenters. The third-order valence-electron chi connectivity index (χ3n) is 4.11. The van der Waals surface area contributed by atoms with Gasteiger partial charge in [-0.25, -0.2) is 9.97 Å². The van der Waals surface area contributed by atoms with Gasteiger partial charge in [0, 0.05) is 31.5 Å². The van der Waals surface area contributed by atoms with Crippen LogP contribution in [0.5, 0.6) is 0 Å². The predicted molar refractivity (Wildman–Crippen MR) is 87.0 cm³/mol. The minimum Gasteiger partial charge on any atom is -0.368 e. The van der Waals surface area contributed by atoms with Gasteiger partial charge in [-0.15, -0.1) is 0 Å². The molecule has 2 aromatic rings. The molecule has 0 saturated carbocycles. The Hall–Kier alpha value is -2.82. The quantitative estimate of drug-likeness (QED) is 0.921. The molecule has 0 bridgehead atoms. The van der Waals surface area contributed by atoms with Crippen LogP contribution in [0.3, 0.4) is 0 Å². The number of nitriles is 1. The van der Waals surface area contributed by atoms with E-state index in [1.54, 1.807) is 18.5 Å². The van der Waals surface area contributed by atoms with Crippen LogP contribution in [0.15, 0.2) is 36.7 Å². The van der Waals surface area contributed by atoms with Gasteiger partial charge in [-0.05, 0) is 37.1 Å². The normalized spacial score (nSPS) is 17.8. The summed E-state index contributed by atoms with van der Waals surface area (Å²) in [5.41, 5.74) is -0.250. The minimum atomic E-state index is -4.46. The van der Waals surface area contributed by atoms with Crippen LogP contribution in [0.4, 0.5) is 24.8 Å². The van der Waals surface area contributed by atoms with Crippen molar-refractivity contribution in [2.75, 3.05) is 23.3 Å². The van der Waals surface area contributed by atoms with Gasteiger partial charge in [-0.2, -0.15) is 18.4 Å². The van der Waals surface area contributed by atoms with Gasteiger partial charge in [0.05, 0.1) is 16.8 Å². The zero-order valence-corrected chi connectivity index (χ0v) is 13.3. The Morgan fingerprint density at radius 2 is 2.00 bits per heavy atom. The number of alkyl halides is 3. The number of nitrogens with zero attached hydrogens (tertiary/aromatic N) is 4. The summed E-state index contributed by atoms with van der Waals surface area (Å²) in [6.07, 6.45) is 0.577. The predicted octanol–water partition coefficient (Wildman–Crippen LogP) is 3.45. The molecule has 1 N–H and O–H groups in total. The Morgan fingerprint density at radius 3 is 2.68 bits per heavy atom. The van der Waals surface area contributed by atoms with Crippen LogP contribution in [-0.2, 0) is 6.18 Å². The topological polar surface area (TPSA) is 64.8 Å². The molecule has 1 saturated heterocycles. The van der Waals surface area contributed by atoms with Gasteiger partial charge < -0.3 is 10.2 Å². The fraction of sp³-hybridized carbons (Fsp3) is 0.353. The number of benzene rings is 1. The Kier molecular flexibility index (Phi) is 4.74. The molecule has 2 heterocycles. The molecule has 8 heteroatoms. The smallest absolute Gasteiger partial charge is 0.368 e. The summed E-state index contributed by atoms with van der Waals surface area (Å²) in [6, 6.07) is 6.97. The second-order valence-electron chi connectivity index (χ2n) is 5.84. The Labute approximate surface area is 143 Å². The SMILES string of the molecule is N#Cc1cc(C(F)(F)F)ccc1N1CCCC(Nc2ncccn2)C1. The number of hydrogen-bond acceptors (Lipinski definition) is 5. The van der Waals surface area contributed by atoms with Crippen LogP contribution in [0.2, 0.25) is 0 Å². The molecule has 1 aliphatic heterocycles. The zero-order chi connectivity index (χ0) is 17.9. The van der Waals surface area contributed by atoms with Crippen LogP contribution >= 0.6 is 0 Å². The maximum absolute atomic E-state index is 12.8. The van der Waals surface area contributed by atoms with E-state index >= 15 is 0 Å². The third-order valence-corrected chi connectivity index (χ3v) is 4.11. The Balaban J connectivity index is 1.78. The first kappa shape index (κ1) is 17.0. The summed E-state index contributed by atoms with van der Waals surface area (Å²) in [6.45, 7) is 1.26. The van der Waals surface area contributed by atoms with E-state index in [9.17, 15) is 18.4 Å². The molecule has 0 aliphatic carbocycles. The number of aromatic nitrogens is 2. The van der Waals surface area contributed by atoms with Gasteiger partial charge in [-0.1, -0.05) is 0 Å². The van der Waals surface area contributed by atoms with E-state index < -0.39 is 11.7 Å². The summed E-state index contributed by atoms with van der Waals surface area (Å²) in [7, 11) is 0. The molecule has 0 radical (unpaired) electrons. The van der Waals surface area contributed by atoms with Crippen molar-refractivity contribution in [1.29, 1.82) is 5.26 Å². The summed E-state index contributed by atoms with van der Waals surface area (Å²) >= 11 is 0. The molecule has 25 heavy (non-hydrogen) atoms. The van der Waals surface area contributed by atoms with E-state index in [4.69, 9.17) is 0 Å². The number of piperidine rings is 1. The number of rotatable bonds is 3. The van der Waals surface area contributed by atoms with Crippen molar-refractivity contribution < 1.29 is 13.2 Å². The van der Waals surface area contributed by atoms with Gasteiger partial charge in [0.1, 0.15) is 6.07 Å². The van der Waals surface area contributed by atoms with Crippen molar-refractivity contribution in [3.05, 3.63) is 47.8 Å². The van der Waals surface area contributed by atoms with Gasteiger partial charge >= 0.3 is 6.18 Å². The molecule has 1 aromatic carbocycles. The highest BCUT2D eigenvalue weighted by Gasteiger charge is 2.32. The first-order valence-electron chi connectivity index (χ1n) is 7.87. The largest absolute Gasteiger partial charge is 0.416 e. The molecule has 5 nitrogen and oxygen atoms in total. The Bertz CT molecular complexity index is 770. The van der Waals surface area contributed by atoms with E-state index in [1.165, 1.54) is 6.07 Å². The molecule has 0 spiro atoms. The summed E-state index contributed by atoms with van der Waals surface area (Å²) in [5, 5.41) is 12.5. The maximum atomic E-state index is 12.8. The van der Waals surface area contributed by atoms with Crippen LogP contribution in [0.25, 0.3) is 0 Å². The summed E-state index contributed by atoms with van der Waals surface area (Å²) in [5.74, 6) is 0.516. The highest BCUT2D eigenvalue weighted by atomic mass is 19.4. The molecule has 1 fully saturated rings. The van der Waals surface area contributed by atoms with Crippen LogP contribution in [0.1, 0.15) is 24.0 Å². The fourth-order valence-corrected chi connectivity index (χ4v) is 2.95. The third kappa shape index (κ3) is 3.99. The second-order valence-corrected chi connectivity index (χ2v) is 5.84. The van der Waals surface area contributed by atoms with Gasteiger partial charge in [0.2, 0.25) is 5.95 Å². The van der Waals surface area contributed by atoms with Gasteiger partial charge in [-0.3, -0.25) is 0 Å². The summed E-state index contributed by atoms with van der Waals surface area (Å²) < 4.78 is 38.5. The fourth-order valence-electron chi connectivity index (χ4n) is 2.95. The van der Waals surface area contributed by atoms with Crippen molar-refractivity contribution in [3.8, 4) is 6.07 Å². The molecule has 1 aliphatic rings. The molecule has 1 atom stereocenters. The van der Waals surface area contributed by atoms with Crippen LogP contribution in [-0.4, -0.2) is 29.1 Å².